The molecular weight excluding hydrogens is 342 g/mol. The van der Waals surface area contributed by atoms with Crippen molar-refractivity contribution in [3.05, 3.63) is 75.2 Å². The number of rotatable bonds is 6. The van der Waals surface area contributed by atoms with E-state index in [1.54, 1.807) is 43.5 Å². The van der Waals surface area contributed by atoms with E-state index in [0.717, 1.165) is 0 Å². The SMILES string of the molecule is C=Cc1c(/C=C\C)c(CN(C)C(=O)c2ccccc2C=O)n[nH]c1=O.CC. The third-order valence-electron chi connectivity index (χ3n) is 3.73. The predicted molar refractivity (Wildman–Crippen MR) is 109 cm³/mol. The minimum Gasteiger partial charge on any atom is -0.336 e. The number of allylic oxidation sites excluding steroid dienone is 1. The van der Waals surface area contributed by atoms with Gasteiger partial charge in [0.05, 0.1) is 17.8 Å². The molecule has 0 aliphatic rings. The summed E-state index contributed by atoms with van der Waals surface area (Å²) < 4.78 is 0. The van der Waals surface area contributed by atoms with Crippen LogP contribution in [-0.2, 0) is 6.54 Å². The molecule has 0 aliphatic heterocycles. The average molecular weight is 367 g/mol. The van der Waals surface area contributed by atoms with Crippen molar-refractivity contribution >= 4 is 24.3 Å². The molecule has 0 radical (unpaired) electrons. The first-order valence-electron chi connectivity index (χ1n) is 8.69. The van der Waals surface area contributed by atoms with Crippen LogP contribution in [0, 0.1) is 0 Å². The van der Waals surface area contributed by atoms with Crippen LogP contribution in [0.5, 0.6) is 0 Å². The van der Waals surface area contributed by atoms with Gasteiger partial charge in [-0.25, -0.2) is 5.10 Å². The molecule has 0 bridgehead atoms. The van der Waals surface area contributed by atoms with Gasteiger partial charge >= 0.3 is 0 Å². The molecule has 1 aromatic heterocycles. The van der Waals surface area contributed by atoms with Crippen molar-refractivity contribution in [2.75, 3.05) is 7.05 Å². The van der Waals surface area contributed by atoms with E-state index in [0.29, 0.717) is 34.2 Å². The summed E-state index contributed by atoms with van der Waals surface area (Å²) in [5, 5.41) is 6.48. The lowest BCUT2D eigenvalue weighted by atomic mass is 10.1. The van der Waals surface area contributed by atoms with E-state index >= 15 is 0 Å². The number of aromatic nitrogens is 2. The largest absolute Gasteiger partial charge is 0.336 e. The van der Waals surface area contributed by atoms with Gasteiger partial charge in [-0.3, -0.25) is 14.4 Å². The lowest BCUT2D eigenvalue weighted by molar-refractivity contribution is 0.0780. The zero-order chi connectivity index (χ0) is 20.4. The number of hydrogen-bond donors (Lipinski definition) is 1. The lowest BCUT2D eigenvalue weighted by Crippen LogP contribution is -2.29. The highest BCUT2D eigenvalue weighted by molar-refractivity contribution is 6.01. The molecule has 0 atom stereocenters. The number of nitrogens with zero attached hydrogens (tertiary/aromatic N) is 2. The van der Waals surface area contributed by atoms with Crippen LogP contribution in [0.4, 0.5) is 0 Å². The Bertz CT molecular complexity index is 898. The van der Waals surface area contributed by atoms with E-state index < -0.39 is 0 Å². The lowest BCUT2D eigenvalue weighted by Gasteiger charge is -2.19. The van der Waals surface area contributed by atoms with Gasteiger partial charge in [0.1, 0.15) is 0 Å². The molecule has 0 saturated carbocycles. The van der Waals surface area contributed by atoms with E-state index in [-0.39, 0.29) is 18.0 Å². The van der Waals surface area contributed by atoms with Crippen LogP contribution in [0.2, 0.25) is 0 Å². The highest BCUT2D eigenvalue weighted by Crippen LogP contribution is 2.16. The Kier molecular flexibility index (Phi) is 8.59. The van der Waals surface area contributed by atoms with Crippen molar-refractivity contribution in [1.82, 2.24) is 15.1 Å². The van der Waals surface area contributed by atoms with Crippen molar-refractivity contribution in [2.24, 2.45) is 0 Å². The molecule has 142 valence electrons. The number of H-pyrrole nitrogens is 1. The van der Waals surface area contributed by atoms with Gasteiger partial charge in [-0.1, -0.05) is 56.9 Å². The number of carbonyl (C=O) groups excluding carboxylic acids is 2. The fourth-order valence-electron chi connectivity index (χ4n) is 2.49. The molecule has 2 aromatic rings. The summed E-state index contributed by atoms with van der Waals surface area (Å²) in [6.07, 6.45) is 5.66. The normalized spacial score (nSPS) is 10.1. The molecular formula is C21H25N3O3. The average Bonchev–Trinajstić information content (AvgIpc) is 2.71. The number of aromatic amines is 1. The van der Waals surface area contributed by atoms with E-state index in [4.69, 9.17) is 0 Å². The monoisotopic (exact) mass is 367 g/mol. The van der Waals surface area contributed by atoms with Crippen LogP contribution >= 0.6 is 0 Å². The molecule has 6 heteroatoms. The minimum atomic E-state index is -0.341. The maximum absolute atomic E-state index is 12.6. The van der Waals surface area contributed by atoms with Gasteiger partial charge in [0.15, 0.2) is 6.29 Å². The van der Waals surface area contributed by atoms with E-state index in [1.165, 1.54) is 11.0 Å². The molecule has 0 unspecified atom stereocenters. The molecule has 6 nitrogen and oxygen atoms in total. The molecule has 1 N–H and O–H groups in total. The molecule has 2 rings (SSSR count). The van der Waals surface area contributed by atoms with Crippen molar-refractivity contribution in [3.63, 3.8) is 0 Å². The Morgan fingerprint density at radius 3 is 2.52 bits per heavy atom. The second-order valence-electron chi connectivity index (χ2n) is 5.40. The molecule has 0 aliphatic carbocycles. The number of aldehydes is 1. The predicted octanol–water partition coefficient (Wildman–Crippen LogP) is 3.56. The zero-order valence-corrected chi connectivity index (χ0v) is 16.2. The number of nitrogens with one attached hydrogen (secondary N) is 1. The number of amides is 1. The summed E-state index contributed by atoms with van der Waals surface area (Å²) in [4.78, 5) is 37.1. The van der Waals surface area contributed by atoms with Gasteiger partial charge in [0.25, 0.3) is 11.5 Å². The fourth-order valence-corrected chi connectivity index (χ4v) is 2.49. The van der Waals surface area contributed by atoms with Crippen LogP contribution in [0.1, 0.15) is 58.3 Å². The highest BCUT2D eigenvalue weighted by Gasteiger charge is 2.18. The summed E-state index contributed by atoms with van der Waals surface area (Å²) in [6.45, 7) is 9.66. The van der Waals surface area contributed by atoms with E-state index in [9.17, 15) is 14.4 Å². The Hall–Kier alpha value is -3.28. The van der Waals surface area contributed by atoms with E-state index in [2.05, 4.69) is 16.8 Å². The van der Waals surface area contributed by atoms with Crippen LogP contribution in [0.25, 0.3) is 12.2 Å². The molecule has 1 heterocycles. The number of hydrogen-bond acceptors (Lipinski definition) is 4. The van der Waals surface area contributed by atoms with Crippen molar-refractivity contribution < 1.29 is 9.59 Å². The van der Waals surface area contributed by atoms with Gasteiger partial charge in [-0.15, -0.1) is 0 Å². The third kappa shape index (κ3) is 5.10. The second kappa shape index (κ2) is 10.7. The Morgan fingerprint density at radius 2 is 1.93 bits per heavy atom. The van der Waals surface area contributed by atoms with Crippen molar-refractivity contribution in [3.8, 4) is 0 Å². The summed E-state index contributed by atoms with van der Waals surface area (Å²) in [5.41, 5.74) is 1.86. The highest BCUT2D eigenvalue weighted by atomic mass is 16.2. The fraction of sp³-hybridized carbons (Fsp3) is 0.238. The van der Waals surface area contributed by atoms with Crippen LogP contribution in [0.15, 0.2) is 41.7 Å². The Labute approximate surface area is 159 Å². The molecule has 1 aromatic carbocycles. The summed E-state index contributed by atoms with van der Waals surface area (Å²) in [7, 11) is 1.61. The van der Waals surface area contributed by atoms with Crippen molar-refractivity contribution in [1.29, 1.82) is 0 Å². The summed E-state index contributed by atoms with van der Waals surface area (Å²) in [6, 6.07) is 6.59. The van der Waals surface area contributed by atoms with Crippen LogP contribution < -0.4 is 5.56 Å². The minimum absolute atomic E-state index is 0.170. The molecule has 0 saturated heterocycles. The third-order valence-corrected chi connectivity index (χ3v) is 3.73. The Balaban J connectivity index is 0.00000176. The van der Waals surface area contributed by atoms with Crippen LogP contribution in [0.3, 0.4) is 0 Å². The van der Waals surface area contributed by atoms with Gasteiger partial charge in [0, 0.05) is 23.7 Å². The maximum atomic E-state index is 12.6. The van der Waals surface area contributed by atoms with Gasteiger partial charge in [0.2, 0.25) is 0 Å². The molecule has 1 amide bonds. The first-order valence-corrected chi connectivity index (χ1v) is 8.69. The first kappa shape index (κ1) is 21.8. The van der Waals surface area contributed by atoms with Gasteiger partial charge in [-0.2, -0.15) is 5.10 Å². The zero-order valence-electron chi connectivity index (χ0n) is 16.2. The van der Waals surface area contributed by atoms with Gasteiger partial charge < -0.3 is 4.90 Å². The molecule has 27 heavy (non-hydrogen) atoms. The topological polar surface area (TPSA) is 83.1 Å². The van der Waals surface area contributed by atoms with Crippen molar-refractivity contribution in [2.45, 2.75) is 27.3 Å². The smallest absolute Gasteiger partial charge is 0.272 e. The molecule has 0 fully saturated rings. The maximum Gasteiger partial charge on any atom is 0.272 e. The summed E-state index contributed by atoms with van der Waals surface area (Å²) >= 11 is 0. The number of benzene rings is 1. The standard InChI is InChI=1S/C19H19N3O3.C2H6/c1-4-8-16-14(5-2)18(24)21-20-17(16)11-22(3)19(25)15-10-7-6-9-13(15)12-23;1-2/h4-10,12H,2,11H2,1,3H3,(H,21,24);1-2H3/b8-4-;. The first-order chi connectivity index (χ1) is 13.0. The second-order valence-corrected chi connectivity index (χ2v) is 5.40. The van der Waals surface area contributed by atoms with Gasteiger partial charge in [-0.05, 0) is 13.0 Å². The summed E-state index contributed by atoms with van der Waals surface area (Å²) in [5.74, 6) is -0.303. The van der Waals surface area contributed by atoms with Crippen LogP contribution in [-0.4, -0.2) is 34.3 Å². The number of carbonyl (C=O) groups is 2. The van der Waals surface area contributed by atoms with E-state index in [1.807, 2.05) is 20.8 Å². The Morgan fingerprint density at radius 1 is 1.26 bits per heavy atom. The molecule has 0 spiro atoms. The quantitative estimate of drug-likeness (QED) is 0.792.